The molecule has 2 heterocycles. The highest BCUT2D eigenvalue weighted by atomic mass is 79.9. The lowest BCUT2D eigenvalue weighted by molar-refractivity contribution is 0.381. The van der Waals surface area contributed by atoms with Gasteiger partial charge in [0.2, 0.25) is 10.0 Å². The summed E-state index contributed by atoms with van der Waals surface area (Å²) >= 11 is 7.31. The molecule has 0 unspecified atom stereocenters. The highest BCUT2D eigenvalue weighted by molar-refractivity contribution is 9.11. The van der Waals surface area contributed by atoms with Crippen molar-refractivity contribution in [1.29, 1.82) is 0 Å². The minimum atomic E-state index is -4.22. The van der Waals surface area contributed by atoms with E-state index < -0.39 is 31.0 Å². The second kappa shape index (κ2) is 9.69. The Bertz CT molecular complexity index is 1280. The third kappa shape index (κ3) is 4.88. The lowest BCUT2D eigenvalue weighted by Crippen LogP contribution is -2.49. The van der Waals surface area contributed by atoms with Crippen LogP contribution in [0.5, 0.6) is 0 Å². The van der Waals surface area contributed by atoms with Gasteiger partial charge in [-0.1, -0.05) is 18.2 Å². The second-order valence-electron chi connectivity index (χ2n) is 7.85. The highest BCUT2D eigenvalue weighted by Gasteiger charge is 2.35. The van der Waals surface area contributed by atoms with Gasteiger partial charge in [0.25, 0.3) is 0 Å². The molecule has 1 aliphatic rings. The van der Waals surface area contributed by atoms with E-state index >= 15 is 0 Å². The van der Waals surface area contributed by atoms with Gasteiger partial charge in [0.1, 0.15) is 10.7 Å². The van der Waals surface area contributed by atoms with Crippen LogP contribution in [-0.4, -0.2) is 43.9 Å². The number of rotatable bonds is 5. The van der Waals surface area contributed by atoms with Crippen LogP contribution < -0.4 is 4.90 Å². The summed E-state index contributed by atoms with van der Waals surface area (Å²) < 4.78 is 55.4. The fraction of sp³-hybridized carbons (Fsp3) is 0.318. The van der Waals surface area contributed by atoms with Crippen molar-refractivity contribution in [1.82, 2.24) is 9.29 Å². The Balaban J connectivity index is 1.47. The molecule has 0 saturated carbocycles. The Labute approximate surface area is 212 Å². The average Bonchev–Trinajstić information content (AvgIpc) is 3.24. The molecule has 176 valence electrons. The molecule has 0 spiro atoms. The van der Waals surface area contributed by atoms with E-state index in [0.717, 1.165) is 23.3 Å². The van der Waals surface area contributed by atoms with E-state index in [4.69, 9.17) is 4.98 Å². The number of anilines is 1. The van der Waals surface area contributed by atoms with E-state index in [1.54, 1.807) is 0 Å². The summed E-state index contributed by atoms with van der Waals surface area (Å²) in [6.07, 6.45) is 0.736. The smallest absolute Gasteiger partial charge is 0.247 e. The van der Waals surface area contributed by atoms with Crippen LogP contribution in [0, 0.1) is 25.5 Å². The Morgan fingerprint density at radius 3 is 2.52 bits per heavy atom. The first kappa shape index (κ1) is 24.7. The molecule has 4 rings (SSSR count). The van der Waals surface area contributed by atoms with E-state index in [2.05, 4.69) is 57.8 Å². The predicted octanol–water partition coefficient (Wildman–Crippen LogP) is 5.66. The van der Waals surface area contributed by atoms with Crippen LogP contribution in [0.1, 0.15) is 22.4 Å². The molecule has 0 aliphatic carbocycles. The van der Waals surface area contributed by atoms with Gasteiger partial charge in [0.15, 0.2) is 10.9 Å². The van der Waals surface area contributed by atoms with E-state index in [1.807, 2.05) is 16.3 Å². The van der Waals surface area contributed by atoms with Gasteiger partial charge >= 0.3 is 0 Å². The standard InChI is InChI=1S/C22H21Br2F2N3O2S2/c1-13-4-3-5-15(14(13)2)10-16-12-32-22(27-16)28-6-8-29(9-7-28)33(30,31)21-19(24)18(25)11-17(23)20(21)26/h3-5,11-12H,6-10H2,1-2H3. The van der Waals surface area contributed by atoms with Crippen LogP contribution in [-0.2, 0) is 16.4 Å². The first-order valence-corrected chi connectivity index (χ1v) is 14.1. The summed E-state index contributed by atoms with van der Waals surface area (Å²) in [6, 6.07) is 7.14. The van der Waals surface area contributed by atoms with Crippen LogP contribution in [0.4, 0.5) is 13.9 Å². The van der Waals surface area contributed by atoms with Gasteiger partial charge < -0.3 is 4.90 Å². The van der Waals surface area contributed by atoms with E-state index in [1.165, 1.54) is 32.3 Å². The number of aryl methyl sites for hydroxylation is 1. The van der Waals surface area contributed by atoms with Crippen LogP contribution in [0.25, 0.3) is 0 Å². The lowest BCUT2D eigenvalue weighted by atomic mass is 10.0. The number of piperazine rings is 1. The van der Waals surface area contributed by atoms with Crippen molar-refractivity contribution >= 4 is 58.4 Å². The number of hydrogen-bond acceptors (Lipinski definition) is 5. The number of aromatic nitrogens is 1. The Hall–Kier alpha value is -1.40. The van der Waals surface area contributed by atoms with E-state index in [9.17, 15) is 17.2 Å². The summed E-state index contributed by atoms with van der Waals surface area (Å²) in [4.78, 5) is 6.09. The van der Waals surface area contributed by atoms with Crippen molar-refractivity contribution in [2.45, 2.75) is 25.2 Å². The molecule has 1 saturated heterocycles. The van der Waals surface area contributed by atoms with Crippen molar-refractivity contribution in [2.75, 3.05) is 31.1 Å². The number of hydrogen-bond donors (Lipinski definition) is 0. The molecular formula is C22H21Br2F2N3O2S2. The zero-order chi connectivity index (χ0) is 23.9. The molecule has 33 heavy (non-hydrogen) atoms. The molecule has 0 atom stereocenters. The molecule has 0 N–H and O–H groups in total. The van der Waals surface area contributed by atoms with E-state index in [0.29, 0.717) is 13.1 Å². The number of halogens is 4. The van der Waals surface area contributed by atoms with Gasteiger partial charge in [-0.3, -0.25) is 0 Å². The summed E-state index contributed by atoms with van der Waals surface area (Å²) in [5.74, 6) is -1.86. The lowest BCUT2D eigenvalue weighted by Gasteiger charge is -2.34. The molecule has 0 bridgehead atoms. The molecule has 1 aliphatic heterocycles. The first-order valence-electron chi connectivity index (χ1n) is 10.2. The van der Waals surface area contributed by atoms with Crippen LogP contribution in [0.15, 0.2) is 43.5 Å². The van der Waals surface area contributed by atoms with Gasteiger partial charge in [-0.2, -0.15) is 4.31 Å². The summed E-state index contributed by atoms with van der Waals surface area (Å²) in [5, 5.41) is 2.85. The molecule has 1 fully saturated rings. The molecule has 3 aromatic rings. The fourth-order valence-electron chi connectivity index (χ4n) is 3.75. The van der Waals surface area contributed by atoms with Gasteiger partial charge in [-0.25, -0.2) is 22.2 Å². The number of sulfonamides is 1. The normalized spacial score (nSPS) is 15.3. The zero-order valence-electron chi connectivity index (χ0n) is 17.9. The number of nitrogens with zero attached hydrogens (tertiary/aromatic N) is 3. The number of thiazole rings is 1. The SMILES string of the molecule is Cc1cccc(Cc2csc(N3CCN(S(=O)(=O)c4c(F)c(Br)cc(F)c4Br)CC3)n2)c1C. The Kier molecular flexibility index (Phi) is 7.26. The largest absolute Gasteiger partial charge is 0.345 e. The van der Waals surface area contributed by atoms with Crippen molar-refractivity contribution in [2.24, 2.45) is 0 Å². The van der Waals surface area contributed by atoms with Crippen molar-refractivity contribution in [3.63, 3.8) is 0 Å². The summed E-state index contributed by atoms with van der Waals surface area (Å²) in [7, 11) is -4.22. The zero-order valence-corrected chi connectivity index (χ0v) is 22.7. The predicted molar refractivity (Wildman–Crippen MR) is 134 cm³/mol. The quantitative estimate of drug-likeness (QED) is 0.345. The van der Waals surface area contributed by atoms with Crippen molar-refractivity contribution in [3.05, 3.63) is 72.6 Å². The Morgan fingerprint density at radius 2 is 1.82 bits per heavy atom. The second-order valence-corrected chi connectivity index (χ2v) is 12.2. The molecule has 2 aromatic carbocycles. The average molecular weight is 621 g/mol. The maximum absolute atomic E-state index is 14.6. The van der Waals surface area contributed by atoms with Crippen LogP contribution in [0.3, 0.4) is 0 Å². The van der Waals surface area contributed by atoms with Crippen molar-refractivity contribution < 1.29 is 17.2 Å². The Morgan fingerprint density at radius 1 is 1.12 bits per heavy atom. The third-order valence-corrected chi connectivity index (χ3v) is 10.3. The van der Waals surface area contributed by atoms with Crippen LogP contribution in [0.2, 0.25) is 0 Å². The molecular weight excluding hydrogens is 600 g/mol. The van der Waals surface area contributed by atoms with E-state index in [-0.39, 0.29) is 17.6 Å². The molecule has 5 nitrogen and oxygen atoms in total. The monoisotopic (exact) mass is 619 g/mol. The van der Waals surface area contributed by atoms with Crippen molar-refractivity contribution in [3.8, 4) is 0 Å². The fourth-order valence-corrected chi connectivity index (χ4v) is 7.62. The highest BCUT2D eigenvalue weighted by Crippen LogP contribution is 2.35. The number of benzene rings is 2. The molecule has 1 aromatic heterocycles. The summed E-state index contributed by atoms with van der Waals surface area (Å²) in [6.45, 7) is 5.31. The first-order chi connectivity index (χ1) is 15.6. The minimum absolute atomic E-state index is 0.147. The maximum atomic E-state index is 14.6. The summed E-state index contributed by atoms with van der Waals surface area (Å²) in [5.41, 5.74) is 4.70. The van der Waals surface area contributed by atoms with Gasteiger partial charge in [-0.15, -0.1) is 11.3 Å². The van der Waals surface area contributed by atoms with Crippen LogP contribution >= 0.6 is 43.2 Å². The van der Waals surface area contributed by atoms with Gasteiger partial charge in [0.05, 0.1) is 14.6 Å². The molecule has 0 amide bonds. The molecule has 0 radical (unpaired) electrons. The maximum Gasteiger partial charge on any atom is 0.247 e. The third-order valence-electron chi connectivity index (χ3n) is 5.81. The van der Waals surface area contributed by atoms with Gasteiger partial charge in [0, 0.05) is 38.0 Å². The topological polar surface area (TPSA) is 53.5 Å². The van der Waals surface area contributed by atoms with Gasteiger partial charge in [-0.05, 0) is 68.5 Å². The minimum Gasteiger partial charge on any atom is -0.345 e. The molecule has 11 heteroatoms.